The first-order chi connectivity index (χ1) is 22.7. The van der Waals surface area contributed by atoms with Gasteiger partial charge in [0.25, 0.3) is 0 Å². The molecule has 0 bridgehead atoms. The summed E-state index contributed by atoms with van der Waals surface area (Å²) in [5.41, 5.74) is 6.47. The zero-order chi connectivity index (χ0) is 37.1. The Morgan fingerprint density at radius 2 is 1.29 bits per heavy atom. The third-order valence-corrected chi connectivity index (χ3v) is 7.03. The number of amides is 4. The zero-order valence-corrected chi connectivity index (χ0v) is 26.3. The number of halogens is 6. The second-order valence-corrected chi connectivity index (χ2v) is 11.6. The van der Waals surface area contributed by atoms with Crippen molar-refractivity contribution >= 4 is 29.6 Å². The van der Waals surface area contributed by atoms with Crippen molar-refractivity contribution in [2.45, 2.75) is 69.6 Å². The summed E-state index contributed by atoms with van der Waals surface area (Å²) in [6.07, 6.45) is -12.8. The SMILES string of the molecule is CC(C)C[C@H](NC(=O)[C@H](Cc1ccccc1)NC(=O)CNC(=O)[C@@H](NC(=O)[C@@H](N)Cc1ccc(O)cc1)C(C(F)(F)F)C(F)(F)F)C(=O)O. The molecule has 12 nitrogen and oxygen atoms in total. The topological polar surface area (TPSA) is 200 Å². The van der Waals surface area contributed by atoms with Crippen LogP contribution >= 0.6 is 0 Å². The molecule has 270 valence electrons. The van der Waals surface area contributed by atoms with Crippen LogP contribution in [-0.4, -0.2) is 82.9 Å². The molecule has 0 aromatic heterocycles. The van der Waals surface area contributed by atoms with E-state index in [1.165, 1.54) is 29.6 Å². The number of nitrogens with one attached hydrogen (secondary N) is 4. The number of aliphatic carboxylic acids is 1. The Morgan fingerprint density at radius 1 is 0.735 bits per heavy atom. The zero-order valence-electron chi connectivity index (χ0n) is 26.3. The molecular weight excluding hydrogens is 668 g/mol. The second-order valence-electron chi connectivity index (χ2n) is 11.6. The molecule has 4 atom stereocenters. The lowest BCUT2D eigenvalue weighted by Gasteiger charge is -2.31. The van der Waals surface area contributed by atoms with E-state index in [1.54, 1.807) is 49.5 Å². The quantitative estimate of drug-likeness (QED) is 0.129. The molecule has 0 saturated heterocycles. The van der Waals surface area contributed by atoms with Gasteiger partial charge < -0.3 is 37.2 Å². The van der Waals surface area contributed by atoms with Gasteiger partial charge in [0.15, 0.2) is 5.92 Å². The molecular formula is C31H37F6N5O7. The summed E-state index contributed by atoms with van der Waals surface area (Å²) in [7, 11) is 0. The molecule has 8 N–H and O–H groups in total. The number of alkyl halides is 6. The lowest BCUT2D eigenvalue weighted by atomic mass is 9.96. The van der Waals surface area contributed by atoms with Crippen LogP contribution in [0.1, 0.15) is 31.4 Å². The average molecular weight is 706 g/mol. The summed E-state index contributed by atoms with van der Waals surface area (Å²) in [5, 5.41) is 26.4. The first kappa shape index (κ1) is 40.3. The fraction of sp³-hybridized carbons (Fsp3) is 0.452. The van der Waals surface area contributed by atoms with Crippen molar-refractivity contribution in [2.75, 3.05) is 6.54 Å². The maximum atomic E-state index is 13.7. The van der Waals surface area contributed by atoms with Crippen molar-refractivity contribution in [3.63, 3.8) is 0 Å². The number of carbonyl (C=O) groups excluding carboxylic acids is 4. The highest BCUT2D eigenvalue weighted by Crippen LogP contribution is 2.41. The molecule has 0 aliphatic heterocycles. The molecule has 2 aromatic carbocycles. The van der Waals surface area contributed by atoms with Crippen LogP contribution in [0, 0.1) is 11.8 Å². The Bertz CT molecular complexity index is 1430. The van der Waals surface area contributed by atoms with Crippen LogP contribution in [0.3, 0.4) is 0 Å². The van der Waals surface area contributed by atoms with E-state index in [1.807, 2.05) is 0 Å². The molecule has 2 aromatic rings. The molecule has 0 fully saturated rings. The van der Waals surface area contributed by atoms with Crippen molar-refractivity contribution in [1.29, 1.82) is 0 Å². The van der Waals surface area contributed by atoms with Crippen molar-refractivity contribution in [1.82, 2.24) is 21.3 Å². The fourth-order valence-electron chi connectivity index (χ4n) is 4.65. The Hall–Kier alpha value is -4.87. The summed E-state index contributed by atoms with van der Waals surface area (Å²) < 4.78 is 82.2. The van der Waals surface area contributed by atoms with E-state index in [-0.39, 0.29) is 30.1 Å². The number of phenolic OH excluding ortho intramolecular Hbond substituents is 1. The largest absolute Gasteiger partial charge is 0.508 e. The number of phenols is 1. The lowest BCUT2D eigenvalue weighted by molar-refractivity contribution is -0.289. The van der Waals surface area contributed by atoms with E-state index < -0.39 is 85.0 Å². The van der Waals surface area contributed by atoms with Crippen molar-refractivity contribution in [3.05, 3.63) is 65.7 Å². The van der Waals surface area contributed by atoms with Crippen LogP contribution in [-0.2, 0) is 36.8 Å². The molecule has 2 rings (SSSR count). The lowest BCUT2D eigenvalue weighted by Crippen LogP contribution is -2.62. The highest BCUT2D eigenvalue weighted by Gasteiger charge is 2.62. The van der Waals surface area contributed by atoms with E-state index in [4.69, 9.17) is 5.73 Å². The molecule has 0 radical (unpaired) electrons. The van der Waals surface area contributed by atoms with Gasteiger partial charge in [-0.15, -0.1) is 0 Å². The molecule has 0 heterocycles. The number of aromatic hydroxyl groups is 1. The number of benzene rings is 2. The van der Waals surface area contributed by atoms with Crippen LogP contribution in [0.5, 0.6) is 5.75 Å². The fourth-order valence-corrected chi connectivity index (χ4v) is 4.65. The number of hydrogen-bond acceptors (Lipinski definition) is 7. The molecule has 4 amide bonds. The van der Waals surface area contributed by atoms with Gasteiger partial charge in [-0.1, -0.05) is 56.3 Å². The number of rotatable bonds is 16. The minimum absolute atomic E-state index is 0.0222. The van der Waals surface area contributed by atoms with Gasteiger partial charge in [0.1, 0.15) is 23.9 Å². The maximum absolute atomic E-state index is 13.7. The number of carbonyl (C=O) groups is 5. The molecule has 0 aliphatic carbocycles. The normalized spacial score (nSPS) is 14.3. The van der Waals surface area contributed by atoms with Gasteiger partial charge in [0, 0.05) is 6.42 Å². The smallest absolute Gasteiger partial charge is 0.403 e. The Labute approximate surface area is 276 Å². The molecule has 0 spiro atoms. The van der Waals surface area contributed by atoms with Crippen LogP contribution in [0.2, 0.25) is 0 Å². The van der Waals surface area contributed by atoms with Crippen molar-refractivity contribution in [2.24, 2.45) is 17.6 Å². The number of nitrogens with two attached hydrogens (primary N) is 1. The Morgan fingerprint density at radius 3 is 1.80 bits per heavy atom. The van der Waals surface area contributed by atoms with Crippen molar-refractivity contribution < 1.29 is 60.5 Å². The average Bonchev–Trinajstić information content (AvgIpc) is 2.98. The molecule has 0 unspecified atom stereocenters. The van der Waals surface area contributed by atoms with Gasteiger partial charge >= 0.3 is 18.3 Å². The van der Waals surface area contributed by atoms with Gasteiger partial charge in [-0.05, 0) is 42.0 Å². The minimum atomic E-state index is -6.09. The van der Waals surface area contributed by atoms with E-state index in [9.17, 15) is 60.5 Å². The summed E-state index contributed by atoms with van der Waals surface area (Å²) in [6.45, 7) is 2.17. The van der Waals surface area contributed by atoms with Gasteiger partial charge in [-0.2, -0.15) is 26.3 Å². The Kier molecular flexibility index (Phi) is 14.4. The van der Waals surface area contributed by atoms with Crippen LogP contribution < -0.4 is 27.0 Å². The highest BCUT2D eigenvalue weighted by molar-refractivity contribution is 5.94. The standard InChI is InChI=1S/C31H37F6N5O7/c1-16(2)12-22(29(48)49)41-27(46)21(14-17-6-4-3-5-7-17)40-23(44)15-39-28(47)24(25(30(32,33)34)31(35,36)37)42-26(45)20(38)13-18-8-10-19(43)11-9-18/h3-11,16,20-22,24-25,43H,12-15,38H2,1-2H3,(H,39,47)(H,40,44)(H,41,46)(H,42,45)(H,48,49)/t20-,21-,22-,24-/m0/s1. The second kappa shape index (κ2) is 17.5. The predicted octanol–water partition coefficient (Wildman–Crippen LogP) is 1.95. The Balaban J connectivity index is 2.26. The van der Waals surface area contributed by atoms with Gasteiger partial charge in [-0.3, -0.25) is 19.2 Å². The summed E-state index contributed by atoms with van der Waals surface area (Å²) in [4.78, 5) is 63.1. The molecule has 18 heteroatoms. The van der Waals surface area contributed by atoms with E-state index >= 15 is 0 Å². The first-order valence-corrected chi connectivity index (χ1v) is 14.8. The van der Waals surface area contributed by atoms with Crippen molar-refractivity contribution in [3.8, 4) is 5.75 Å². The third kappa shape index (κ3) is 13.3. The van der Waals surface area contributed by atoms with Gasteiger partial charge in [0.05, 0.1) is 12.6 Å². The monoisotopic (exact) mass is 705 g/mol. The molecule has 0 saturated carbocycles. The molecule has 49 heavy (non-hydrogen) atoms. The highest BCUT2D eigenvalue weighted by atomic mass is 19.4. The maximum Gasteiger partial charge on any atom is 0.403 e. The minimum Gasteiger partial charge on any atom is -0.508 e. The summed E-state index contributed by atoms with van der Waals surface area (Å²) >= 11 is 0. The van der Waals surface area contributed by atoms with Crippen LogP contribution in [0.15, 0.2) is 54.6 Å². The van der Waals surface area contributed by atoms with Crippen LogP contribution in [0.4, 0.5) is 26.3 Å². The summed E-state index contributed by atoms with van der Waals surface area (Å²) in [6, 6.07) is 5.14. The number of hydrogen-bond donors (Lipinski definition) is 7. The first-order valence-electron chi connectivity index (χ1n) is 14.8. The predicted molar refractivity (Wildman–Crippen MR) is 161 cm³/mol. The number of carboxylic acids is 1. The van der Waals surface area contributed by atoms with E-state index in [0.29, 0.717) is 5.56 Å². The van der Waals surface area contributed by atoms with E-state index in [2.05, 4.69) is 10.6 Å². The third-order valence-electron chi connectivity index (χ3n) is 7.03. The summed E-state index contributed by atoms with van der Waals surface area (Å²) in [5.74, 6) is -11.9. The van der Waals surface area contributed by atoms with E-state index in [0.717, 1.165) is 0 Å². The van der Waals surface area contributed by atoms with Gasteiger partial charge in [-0.25, -0.2) is 4.79 Å². The van der Waals surface area contributed by atoms with Gasteiger partial charge in [0.2, 0.25) is 23.6 Å². The number of carboxylic acid groups (broad SMARTS) is 1. The van der Waals surface area contributed by atoms with Crippen LogP contribution in [0.25, 0.3) is 0 Å². The molecule has 0 aliphatic rings.